The molecule has 0 aromatic heterocycles. The summed E-state index contributed by atoms with van der Waals surface area (Å²) in [6, 6.07) is 16.1. The smallest absolute Gasteiger partial charge is 0.117 e. The molecule has 0 saturated carbocycles. The molecule has 1 aliphatic carbocycles. The van der Waals surface area contributed by atoms with Crippen LogP contribution in [0.3, 0.4) is 0 Å². The molecule has 0 aliphatic heterocycles. The fourth-order valence-corrected chi connectivity index (χ4v) is 3.02. The Morgan fingerprint density at radius 3 is 2.53 bits per heavy atom. The van der Waals surface area contributed by atoms with E-state index >= 15 is 0 Å². The zero-order valence-electron chi connectivity index (χ0n) is 11.1. The van der Waals surface area contributed by atoms with Crippen molar-refractivity contribution in [1.82, 2.24) is 0 Å². The Morgan fingerprint density at radius 2 is 1.84 bits per heavy atom. The van der Waals surface area contributed by atoms with E-state index in [0.717, 1.165) is 23.1 Å². The van der Waals surface area contributed by atoms with Gasteiger partial charge >= 0.3 is 0 Å². The van der Waals surface area contributed by atoms with E-state index < -0.39 is 5.60 Å². The number of benzene rings is 2. The Hall–Kier alpha value is -1.64. The van der Waals surface area contributed by atoms with Crippen LogP contribution < -0.4 is 5.73 Å². The van der Waals surface area contributed by atoms with Gasteiger partial charge in [0.1, 0.15) is 5.60 Å². The third kappa shape index (κ3) is 1.88. The normalized spacial score (nSPS) is 25.3. The number of rotatable bonds is 2. The Balaban J connectivity index is 2.08. The van der Waals surface area contributed by atoms with E-state index in [9.17, 15) is 5.11 Å². The number of nitrogens with two attached hydrogens (primary N) is 1. The summed E-state index contributed by atoms with van der Waals surface area (Å²) in [6.45, 7) is 2.13. The van der Waals surface area contributed by atoms with Gasteiger partial charge in [-0.1, -0.05) is 55.5 Å². The van der Waals surface area contributed by atoms with Crippen LogP contribution in [-0.4, -0.2) is 5.11 Å². The maximum atomic E-state index is 11.1. The van der Waals surface area contributed by atoms with Crippen molar-refractivity contribution < 1.29 is 5.11 Å². The Bertz CT molecular complexity index is 590. The number of aryl methyl sites for hydroxylation is 1. The van der Waals surface area contributed by atoms with Crippen LogP contribution in [-0.2, 0) is 12.0 Å². The lowest BCUT2D eigenvalue weighted by molar-refractivity contribution is 0.0776. The molecule has 0 saturated heterocycles. The molecule has 0 bridgehead atoms. The Morgan fingerprint density at radius 1 is 1.16 bits per heavy atom. The lowest BCUT2D eigenvalue weighted by atomic mass is 9.87. The van der Waals surface area contributed by atoms with Crippen molar-refractivity contribution >= 4 is 0 Å². The minimum Gasteiger partial charge on any atom is -0.380 e. The lowest BCUT2D eigenvalue weighted by Crippen LogP contribution is -2.25. The molecule has 3 N–H and O–H groups in total. The third-order valence-corrected chi connectivity index (χ3v) is 4.16. The van der Waals surface area contributed by atoms with E-state index in [4.69, 9.17) is 5.73 Å². The summed E-state index contributed by atoms with van der Waals surface area (Å²) in [5.74, 6) is 0. The van der Waals surface area contributed by atoms with Crippen LogP contribution in [0.25, 0.3) is 0 Å². The maximum Gasteiger partial charge on any atom is 0.117 e. The van der Waals surface area contributed by atoms with Crippen molar-refractivity contribution in [2.45, 2.75) is 31.4 Å². The van der Waals surface area contributed by atoms with E-state index in [0.29, 0.717) is 6.42 Å². The first-order valence-corrected chi connectivity index (χ1v) is 6.82. The van der Waals surface area contributed by atoms with Crippen LogP contribution in [0.5, 0.6) is 0 Å². The van der Waals surface area contributed by atoms with Gasteiger partial charge < -0.3 is 10.8 Å². The van der Waals surface area contributed by atoms with Gasteiger partial charge in [-0.15, -0.1) is 0 Å². The summed E-state index contributed by atoms with van der Waals surface area (Å²) >= 11 is 0. The summed E-state index contributed by atoms with van der Waals surface area (Å²) in [5, 5.41) is 11.1. The topological polar surface area (TPSA) is 46.2 Å². The highest BCUT2D eigenvalue weighted by molar-refractivity contribution is 5.47. The van der Waals surface area contributed by atoms with Gasteiger partial charge in [-0.2, -0.15) is 0 Å². The van der Waals surface area contributed by atoms with Gasteiger partial charge in [0.15, 0.2) is 0 Å². The second-order valence-electron chi connectivity index (χ2n) is 5.31. The minimum absolute atomic E-state index is 0.0907. The fourth-order valence-electron chi connectivity index (χ4n) is 3.02. The highest BCUT2D eigenvalue weighted by Crippen LogP contribution is 2.46. The minimum atomic E-state index is -0.942. The molecule has 0 amide bonds. The first kappa shape index (κ1) is 12.4. The van der Waals surface area contributed by atoms with Crippen LogP contribution in [0, 0.1) is 0 Å². The van der Waals surface area contributed by atoms with Crippen LogP contribution in [0.2, 0.25) is 0 Å². The predicted octanol–water partition coefficient (Wildman–Crippen LogP) is 2.89. The largest absolute Gasteiger partial charge is 0.380 e. The number of hydrogen-bond acceptors (Lipinski definition) is 2. The molecule has 98 valence electrons. The molecular weight excluding hydrogens is 234 g/mol. The Labute approximate surface area is 113 Å². The van der Waals surface area contributed by atoms with Crippen molar-refractivity contribution in [3.05, 3.63) is 70.8 Å². The van der Waals surface area contributed by atoms with E-state index in [1.807, 2.05) is 36.4 Å². The van der Waals surface area contributed by atoms with Gasteiger partial charge in [-0.05, 0) is 28.7 Å². The lowest BCUT2D eigenvalue weighted by Gasteiger charge is -2.25. The molecule has 2 atom stereocenters. The highest BCUT2D eigenvalue weighted by Gasteiger charge is 2.41. The molecular formula is C17H19NO. The summed E-state index contributed by atoms with van der Waals surface area (Å²) in [4.78, 5) is 0. The SMILES string of the molecule is CCc1ccc(C2(O)CC(N)c3ccccc32)cc1. The van der Waals surface area contributed by atoms with Crippen LogP contribution >= 0.6 is 0 Å². The zero-order chi connectivity index (χ0) is 13.5. The second kappa shape index (κ2) is 4.48. The molecule has 1 aliphatic rings. The average molecular weight is 253 g/mol. The predicted molar refractivity (Wildman–Crippen MR) is 76.8 cm³/mol. The molecule has 19 heavy (non-hydrogen) atoms. The van der Waals surface area contributed by atoms with E-state index in [2.05, 4.69) is 19.1 Å². The van der Waals surface area contributed by atoms with Crippen LogP contribution in [0.4, 0.5) is 0 Å². The molecule has 2 heteroatoms. The summed E-state index contributed by atoms with van der Waals surface area (Å²) in [7, 11) is 0. The van der Waals surface area contributed by atoms with Crippen molar-refractivity contribution in [3.63, 3.8) is 0 Å². The fraction of sp³-hybridized carbons (Fsp3) is 0.294. The van der Waals surface area contributed by atoms with Crippen molar-refractivity contribution in [2.75, 3.05) is 0 Å². The molecule has 0 heterocycles. The molecule has 2 unspecified atom stereocenters. The van der Waals surface area contributed by atoms with Gasteiger partial charge in [-0.25, -0.2) is 0 Å². The third-order valence-electron chi connectivity index (χ3n) is 4.16. The van der Waals surface area contributed by atoms with Gasteiger partial charge in [0.25, 0.3) is 0 Å². The quantitative estimate of drug-likeness (QED) is 0.864. The summed E-state index contributed by atoms with van der Waals surface area (Å²) < 4.78 is 0. The summed E-state index contributed by atoms with van der Waals surface area (Å²) in [6.07, 6.45) is 1.56. The molecule has 0 fully saturated rings. The molecule has 3 rings (SSSR count). The highest BCUT2D eigenvalue weighted by atomic mass is 16.3. The van der Waals surface area contributed by atoms with Crippen LogP contribution in [0.1, 0.15) is 41.6 Å². The molecule has 2 nitrogen and oxygen atoms in total. The standard InChI is InChI=1S/C17H19NO/c1-2-12-7-9-13(10-8-12)17(19)11-16(18)14-5-3-4-6-15(14)17/h3-10,16,19H,2,11,18H2,1H3. The number of fused-ring (bicyclic) bond motifs is 1. The van der Waals surface area contributed by atoms with Crippen molar-refractivity contribution in [2.24, 2.45) is 5.73 Å². The van der Waals surface area contributed by atoms with Gasteiger partial charge in [-0.3, -0.25) is 0 Å². The van der Waals surface area contributed by atoms with Crippen molar-refractivity contribution in [1.29, 1.82) is 0 Å². The molecule has 2 aromatic rings. The first-order chi connectivity index (χ1) is 9.15. The van der Waals surface area contributed by atoms with Crippen molar-refractivity contribution in [3.8, 4) is 0 Å². The molecule has 2 aromatic carbocycles. The molecule has 0 radical (unpaired) electrons. The van der Waals surface area contributed by atoms with Gasteiger partial charge in [0, 0.05) is 12.5 Å². The average Bonchev–Trinajstić information content (AvgIpc) is 2.72. The maximum absolute atomic E-state index is 11.1. The van der Waals surface area contributed by atoms with E-state index in [1.165, 1.54) is 5.56 Å². The Kier molecular flexibility index (Phi) is 2.92. The first-order valence-electron chi connectivity index (χ1n) is 6.82. The molecule has 0 spiro atoms. The van der Waals surface area contributed by atoms with Gasteiger partial charge in [0.05, 0.1) is 0 Å². The summed E-state index contributed by atoms with van der Waals surface area (Å²) in [5.41, 5.74) is 9.44. The second-order valence-corrected chi connectivity index (χ2v) is 5.31. The monoisotopic (exact) mass is 253 g/mol. The van der Waals surface area contributed by atoms with E-state index in [1.54, 1.807) is 0 Å². The number of hydrogen-bond donors (Lipinski definition) is 2. The zero-order valence-corrected chi connectivity index (χ0v) is 11.1. The van der Waals surface area contributed by atoms with Gasteiger partial charge in [0.2, 0.25) is 0 Å². The van der Waals surface area contributed by atoms with E-state index in [-0.39, 0.29) is 6.04 Å². The number of aliphatic hydroxyl groups is 1. The van der Waals surface area contributed by atoms with Crippen LogP contribution in [0.15, 0.2) is 48.5 Å².